The normalized spacial score (nSPS) is 11.4. The molecule has 37 heavy (non-hydrogen) atoms. The fourth-order valence-electron chi connectivity index (χ4n) is 3.59. The fourth-order valence-corrected chi connectivity index (χ4v) is 4.60. The fraction of sp³-hybridized carbons (Fsp3) is 0.154. The number of amides is 2. The molecule has 0 fully saturated rings. The van der Waals surface area contributed by atoms with Gasteiger partial charge in [-0.15, -0.1) is 24.9 Å². The molecule has 0 saturated carbocycles. The summed E-state index contributed by atoms with van der Waals surface area (Å²) < 4.78 is 42.7. The van der Waals surface area contributed by atoms with Gasteiger partial charge in [0, 0.05) is 51.4 Å². The Labute approximate surface area is 219 Å². The number of halogens is 4. The Morgan fingerprint density at radius 2 is 1.68 bits per heavy atom. The SMILES string of the molecule is O=C(CSc1cn(CCNC(=O)c2ccc(Cl)cc2)c2ccccc12)Nc1ccc(OC(F)(F)F)cc1. The minimum atomic E-state index is -4.77. The molecule has 1 heterocycles. The molecular formula is C26H21ClF3N3O3S. The van der Waals surface area contributed by atoms with E-state index in [2.05, 4.69) is 15.4 Å². The van der Waals surface area contributed by atoms with Crippen LogP contribution in [0.1, 0.15) is 10.4 Å². The average Bonchev–Trinajstić information content (AvgIpc) is 3.21. The Bertz CT molecular complexity index is 1390. The lowest BCUT2D eigenvalue weighted by Gasteiger charge is -2.10. The van der Waals surface area contributed by atoms with Gasteiger partial charge >= 0.3 is 6.36 Å². The molecular weight excluding hydrogens is 527 g/mol. The molecule has 3 aromatic carbocycles. The van der Waals surface area contributed by atoms with Gasteiger partial charge in [0.25, 0.3) is 5.91 Å². The topological polar surface area (TPSA) is 72.4 Å². The van der Waals surface area contributed by atoms with Crippen molar-refractivity contribution in [3.05, 3.63) is 89.6 Å². The molecule has 1 aromatic heterocycles. The largest absolute Gasteiger partial charge is 0.573 e. The van der Waals surface area contributed by atoms with Crippen LogP contribution in [0.5, 0.6) is 5.75 Å². The summed E-state index contributed by atoms with van der Waals surface area (Å²) in [5.74, 6) is -0.766. The monoisotopic (exact) mass is 547 g/mol. The molecule has 0 radical (unpaired) electrons. The summed E-state index contributed by atoms with van der Waals surface area (Å²) in [5, 5.41) is 7.08. The smallest absolute Gasteiger partial charge is 0.406 e. The lowest BCUT2D eigenvalue weighted by molar-refractivity contribution is -0.274. The number of carbonyl (C=O) groups excluding carboxylic acids is 2. The summed E-state index contributed by atoms with van der Waals surface area (Å²) in [5.41, 5.74) is 1.84. The molecule has 4 aromatic rings. The predicted octanol–water partition coefficient (Wildman–Crippen LogP) is 6.35. The van der Waals surface area contributed by atoms with Crippen LogP contribution in [-0.4, -0.2) is 35.0 Å². The minimum Gasteiger partial charge on any atom is -0.406 e. The third-order valence-electron chi connectivity index (χ3n) is 5.23. The second-order valence-corrected chi connectivity index (χ2v) is 9.33. The van der Waals surface area contributed by atoms with E-state index in [0.717, 1.165) is 27.9 Å². The molecule has 0 unspecified atom stereocenters. The van der Waals surface area contributed by atoms with Gasteiger partial charge in [0.15, 0.2) is 0 Å². The Kier molecular flexibility index (Phi) is 8.30. The van der Waals surface area contributed by atoms with Gasteiger partial charge < -0.3 is 19.9 Å². The first-order valence-corrected chi connectivity index (χ1v) is 12.4. The summed E-state index contributed by atoms with van der Waals surface area (Å²) in [6.07, 6.45) is -2.84. The standard InChI is InChI=1S/C26H21ClF3N3O3S/c27-18-7-5-17(6-8-18)25(35)31-13-14-33-15-23(21-3-1-2-4-22(21)33)37-16-24(34)32-19-9-11-20(12-10-19)36-26(28,29)30/h1-12,15H,13-14,16H2,(H,31,35)(H,32,34). The third-order valence-corrected chi connectivity index (χ3v) is 6.52. The molecule has 0 aliphatic heterocycles. The number of rotatable bonds is 9. The van der Waals surface area contributed by atoms with Crippen LogP contribution in [0.4, 0.5) is 18.9 Å². The van der Waals surface area contributed by atoms with Crippen molar-refractivity contribution in [3.63, 3.8) is 0 Å². The van der Waals surface area contributed by atoms with Gasteiger partial charge in [0.2, 0.25) is 5.91 Å². The van der Waals surface area contributed by atoms with E-state index >= 15 is 0 Å². The van der Waals surface area contributed by atoms with Crippen molar-refractivity contribution in [1.29, 1.82) is 0 Å². The van der Waals surface area contributed by atoms with Crippen LogP contribution >= 0.6 is 23.4 Å². The van der Waals surface area contributed by atoms with Crippen LogP contribution in [0.3, 0.4) is 0 Å². The molecule has 2 amide bonds. The Hall–Kier alpha value is -3.63. The lowest BCUT2D eigenvalue weighted by atomic mass is 10.2. The summed E-state index contributed by atoms with van der Waals surface area (Å²) in [6.45, 7) is 0.928. The van der Waals surface area contributed by atoms with Crippen molar-refractivity contribution in [2.75, 3.05) is 17.6 Å². The summed E-state index contributed by atoms with van der Waals surface area (Å²) in [7, 11) is 0. The molecule has 2 N–H and O–H groups in total. The van der Waals surface area contributed by atoms with E-state index < -0.39 is 6.36 Å². The van der Waals surface area contributed by atoms with Gasteiger partial charge in [0.05, 0.1) is 5.75 Å². The number of hydrogen-bond acceptors (Lipinski definition) is 4. The van der Waals surface area contributed by atoms with Crippen molar-refractivity contribution in [3.8, 4) is 5.75 Å². The number of ether oxygens (including phenoxy) is 1. The van der Waals surface area contributed by atoms with Crippen molar-refractivity contribution >= 4 is 51.8 Å². The molecule has 4 rings (SSSR count). The van der Waals surface area contributed by atoms with Crippen LogP contribution in [0.15, 0.2) is 83.9 Å². The first-order chi connectivity index (χ1) is 17.7. The van der Waals surface area contributed by atoms with Gasteiger partial charge in [-0.2, -0.15) is 0 Å². The number of hydrogen-bond donors (Lipinski definition) is 2. The maximum Gasteiger partial charge on any atom is 0.573 e. The van der Waals surface area contributed by atoms with Crippen molar-refractivity contribution in [2.24, 2.45) is 0 Å². The summed E-state index contributed by atoms with van der Waals surface area (Å²) >= 11 is 7.21. The number of nitrogens with one attached hydrogen (secondary N) is 2. The quantitative estimate of drug-likeness (QED) is 0.239. The number of anilines is 1. The molecule has 0 saturated heterocycles. The molecule has 11 heteroatoms. The van der Waals surface area contributed by atoms with Crippen LogP contribution in [0, 0.1) is 0 Å². The average molecular weight is 548 g/mol. The zero-order valence-corrected chi connectivity index (χ0v) is 20.8. The zero-order valence-electron chi connectivity index (χ0n) is 19.2. The highest BCUT2D eigenvalue weighted by Gasteiger charge is 2.31. The number of thioether (sulfide) groups is 1. The Balaban J connectivity index is 1.34. The number of para-hydroxylation sites is 1. The number of carbonyl (C=O) groups is 2. The first-order valence-electron chi connectivity index (χ1n) is 11.1. The molecule has 0 spiro atoms. The first kappa shape index (κ1) is 26.4. The lowest BCUT2D eigenvalue weighted by Crippen LogP contribution is -2.27. The minimum absolute atomic E-state index is 0.0993. The second-order valence-electron chi connectivity index (χ2n) is 7.88. The highest BCUT2D eigenvalue weighted by Crippen LogP contribution is 2.30. The van der Waals surface area contributed by atoms with Gasteiger partial charge in [-0.1, -0.05) is 29.8 Å². The highest BCUT2D eigenvalue weighted by atomic mass is 35.5. The number of fused-ring (bicyclic) bond motifs is 1. The van der Waals surface area contributed by atoms with E-state index in [1.165, 1.54) is 23.9 Å². The molecule has 0 aliphatic carbocycles. The van der Waals surface area contributed by atoms with E-state index in [1.54, 1.807) is 24.3 Å². The van der Waals surface area contributed by atoms with Crippen molar-refractivity contribution in [1.82, 2.24) is 9.88 Å². The van der Waals surface area contributed by atoms with E-state index in [1.807, 2.05) is 35.0 Å². The van der Waals surface area contributed by atoms with Gasteiger partial charge in [-0.3, -0.25) is 9.59 Å². The zero-order chi connectivity index (χ0) is 26.4. The van der Waals surface area contributed by atoms with E-state index in [9.17, 15) is 22.8 Å². The number of alkyl halides is 3. The van der Waals surface area contributed by atoms with Gasteiger partial charge in [-0.25, -0.2) is 0 Å². The molecule has 6 nitrogen and oxygen atoms in total. The molecule has 0 atom stereocenters. The maximum atomic E-state index is 12.4. The van der Waals surface area contributed by atoms with Crippen LogP contribution in [-0.2, 0) is 11.3 Å². The van der Waals surface area contributed by atoms with Crippen molar-refractivity contribution in [2.45, 2.75) is 17.8 Å². The molecule has 0 bridgehead atoms. The van der Waals surface area contributed by atoms with E-state index in [-0.39, 0.29) is 23.3 Å². The number of aromatic nitrogens is 1. The van der Waals surface area contributed by atoms with Gasteiger partial charge in [0.1, 0.15) is 5.75 Å². The van der Waals surface area contributed by atoms with Crippen molar-refractivity contribution < 1.29 is 27.5 Å². The second kappa shape index (κ2) is 11.6. The van der Waals surface area contributed by atoms with Crippen LogP contribution in [0.25, 0.3) is 10.9 Å². The van der Waals surface area contributed by atoms with E-state index in [0.29, 0.717) is 29.4 Å². The van der Waals surface area contributed by atoms with Crippen LogP contribution < -0.4 is 15.4 Å². The summed E-state index contributed by atoms with van der Waals surface area (Å²) in [6, 6.07) is 19.3. The predicted molar refractivity (Wildman–Crippen MR) is 138 cm³/mol. The van der Waals surface area contributed by atoms with E-state index in [4.69, 9.17) is 11.6 Å². The Morgan fingerprint density at radius 1 is 0.973 bits per heavy atom. The van der Waals surface area contributed by atoms with Crippen LogP contribution in [0.2, 0.25) is 5.02 Å². The number of nitrogens with zero attached hydrogens (tertiary/aromatic N) is 1. The highest BCUT2D eigenvalue weighted by molar-refractivity contribution is 8.00. The maximum absolute atomic E-state index is 12.4. The Morgan fingerprint density at radius 3 is 2.38 bits per heavy atom. The summed E-state index contributed by atoms with van der Waals surface area (Å²) in [4.78, 5) is 25.7. The third kappa shape index (κ3) is 7.43. The molecule has 192 valence electrons. The molecule has 0 aliphatic rings. The van der Waals surface area contributed by atoms with Gasteiger partial charge in [-0.05, 0) is 54.6 Å². The number of benzene rings is 3.